The van der Waals surface area contributed by atoms with E-state index < -0.39 is 0 Å². The average Bonchev–Trinajstić information content (AvgIpc) is 2.22. The van der Waals surface area contributed by atoms with Gasteiger partial charge in [-0.2, -0.15) is 0 Å². The fourth-order valence-electron chi connectivity index (χ4n) is 4.69. The third-order valence-electron chi connectivity index (χ3n) is 5.63. The van der Waals surface area contributed by atoms with Crippen LogP contribution in [0.1, 0.15) is 59.8 Å². The summed E-state index contributed by atoms with van der Waals surface area (Å²) in [6.45, 7) is 9.49. The number of carbonyl (C=O) groups excluding carboxylic acids is 1. The van der Waals surface area contributed by atoms with E-state index in [1.807, 2.05) is 0 Å². The Morgan fingerprint density at radius 2 is 2.06 bits per heavy atom. The van der Waals surface area contributed by atoms with Crippen molar-refractivity contribution in [2.45, 2.75) is 59.8 Å². The molecule has 0 amide bonds. The summed E-state index contributed by atoms with van der Waals surface area (Å²) in [5, 5.41) is 0. The summed E-state index contributed by atoms with van der Waals surface area (Å²) in [5.74, 6) is 1.23. The Morgan fingerprint density at radius 3 is 2.71 bits per heavy atom. The Morgan fingerprint density at radius 1 is 1.35 bits per heavy atom. The minimum Gasteiger partial charge on any atom is -0.303 e. The SMILES string of the molecule is CC1=CC[C@@H]2C(C)(C)CCC[C@]2(C)[C@@H]1CC=O. The van der Waals surface area contributed by atoms with Gasteiger partial charge in [0.25, 0.3) is 0 Å². The molecule has 1 fully saturated rings. The number of allylic oxidation sites excluding steroid dienone is 2. The molecule has 0 bridgehead atoms. The van der Waals surface area contributed by atoms with E-state index >= 15 is 0 Å². The molecule has 2 rings (SSSR count). The van der Waals surface area contributed by atoms with Crippen molar-refractivity contribution in [3.8, 4) is 0 Å². The molecule has 2 aliphatic rings. The second kappa shape index (κ2) is 4.26. The van der Waals surface area contributed by atoms with Gasteiger partial charge in [-0.3, -0.25) is 0 Å². The van der Waals surface area contributed by atoms with E-state index in [2.05, 4.69) is 33.8 Å². The van der Waals surface area contributed by atoms with Crippen LogP contribution in [0.2, 0.25) is 0 Å². The van der Waals surface area contributed by atoms with Crippen LogP contribution in [0.25, 0.3) is 0 Å². The van der Waals surface area contributed by atoms with Crippen LogP contribution in [0, 0.1) is 22.7 Å². The second-order valence-electron chi connectivity index (χ2n) is 7.04. The molecule has 2 aliphatic carbocycles. The van der Waals surface area contributed by atoms with Crippen molar-refractivity contribution in [1.29, 1.82) is 0 Å². The molecule has 1 saturated carbocycles. The largest absolute Gasteiger partial charge is 0.303 e. The Labute approximate surface area is 106 Å². The molecule has 0 aromatic heterocycles. The van der Waals surface area contributed by atoms with Crippen LogP contribution in [0.15, 0.2) is 11.6 Å². The first-order valence-electron chi connectivity index (χ1n) is 7.02. The zero-order valence-electron chi connectivity index (χ0n) is 11.8. The predicted molar refractivity (Wildman–Crippen MR) is 71.8 cm³/mol. The molecule has 0 unspecified atom stereocenters. The van der Waals surface area contributed by atoms with Crippen molar-refractivity contribution in [3.63, 3.8) is 0 Å². The third-order valence-corrected chi connectivity index (χ3v) is 5.63. The smallest absolute Gasteiger partial charge is 0.120 e. The number of rotatable bonds is 2. The molecule has 0 aliphatic heterocycles. The summed E-state index contributed by atoms with van der Waals surface area (Å²) in [5.41, 5.74) is 2.24. The van der Waals surface area contributed by atoms with Gasteiger partial charge in [0.15, 0.2) is 0 Å². The third kappa shape index (κ3) is 1.98. The standard InChI is InChI=1S/C16H26O/c1-12-6-7-14-15(2,3)9-5-10-16(14,4)13(12)8-11-17/h6,11,13-14H,5,7-10H2,1-4H3/t13-,14-,16-/m1/s1. The molecule has 0 N–H and O–H groups in total. The fourth-order valence-corrected chi connectivity index (χ4v) is 4.69. The number of hydrogen-bond acceptors (Lipinski definition) is 1. The predicted octanol–water partition coefficient (Wildman–Crippen LogP) is 4.37. The van der Waals surface area contributed by atoms with Gasteiger partial charge >= 0.3 is 0 Å². The van der Waals surface area contributed by atoms with Crippen LogP contribution in [0.5, 0.6) is 0 Å². The van der Waals surface area contributed by atoms with Crippen LogP contribution in [0.3, 0.4) is 0 Å². The molecule has 17 heavy (non-hydrogen) atoms. The van der Waals surface area contributed by atoms with Gasteiger partial charge in [0.05, 0.1) is 0 Å². The summed E-state index contributed by atoms with van der Waals surface area (Å²) < 4.78 is 0. The second-order valence-corrected chi connectivity index (χ2v) is 7.04. The van der Waals surface area contributed by atoms with Gasteiger partial charge in [0.2, 0.25) is 0 Å². The van der Waals surface area contributed by atoms with E-state index in [0.717, 1.165) is 12.2 Å². The van der Waals surface area contributed by atoms with Gasteiger partial charge in [-0.1, -0.05) is 38.8 Å². The highest BCUT2D eigenvalue weighted by atomic mass is 16.1. The summed E-state index contributed by atoms with van der Waals surface area (Å²) in [4.78, 5) is 11.0. The summed E-state index contributed by atoms with van der Waals surface area (Å²) >= 11 is 0. The highest BCUT2D eigenvalue weighted by Gasteiger charge is 2.51. The molecule has 0 aromatic rings. The van der Waals surface area contributed by atoms with E-state index in [-0.39, 0.29) is 0 Å². The van der Waals surface area contributed by atoms with Crippen LogP contribution in [-0.4, -0.2) is 6.29 Å². The molecular weight excluding hydrogens is 208 g/mol. The number of carbonyl (C=O) groups is 1. The normalized spacial score (nSPS) is 40.4. The van der Waals surface area contributed by atoms with Gasteiger partial charge < -0.3 is 4.79 Å². The first-order chi connectivity index (χ1) is 7.92. The van der Waals surface area contributed by atoms with Gasteiger partial charge in [0.1, 0.15) is 6.29 Å². The summed E-state index contributed by atoms with van der Waals surface area (Å²) in [7, 11) is 0. The first kappa shape index (κ1) is 12.9. The molecule has 0 aromatic carbocycles. The molecule has 0 radical (unpaired) electrons. The molecule has 1 heteroatoms. The molecule has 0 saturated heterocycles. The minimum absolute atomic E-state index is 0.349. The lowest BCUT2D eigenvalue weighted by Gasteiger charge is -2.56. The van der Waals surface area contributed by atoms with Crippen molar-refractivity contribution in [3.05, 3.63) is 11.6 Å². The minimum atomic E-state index is 0.349. The molecular formula is C16H26O. The van der Waals surface area contributed by atoms with Gasteiger partial charge in [-0.25, -0.2) is 0 Å². The number of fused-ring (bicyclic) bond motifs is 1. The molecule has 96 valence electrons. The number of hydrogen-bond donors (Lipinski definition) is 0. The monoisotopic (exact) mass is 234 g/mol. The van der Waals surface area contributed by atoms with E-state index in [9.17, 15) is 4.79 Å². The zero-order valence-corrected chi connectivity index (χ0v) is 11.8. The van der Waals surface area contributed by atoms with Crippen molar-refractivity contribution in [1.82, 2.24) is 0 Å². The molecule has 3 atom stereocenters. The van der Waals surface area contributed by atoms with E-state index in [1.165, 1.54) is 31.3 Å². The van der Waals surface area contributed by atoms with Gasteiger partial charge in [-0.15, -0.1) is 0 Å². The topological polar surface area (TPSA) is 17.1 Å². The van der Waals surface area contributed by atoms with E-state index in [1.54, 1.807) is 0 Å². The highest BCUT2D eigenvalue weighted by Crippen LogP contribution is 2.60. The Bertz CT molecular complexity index is 339. The van der Waals surface area contributed by atoms with Crippen molar-refractivity contribution in [2.75, 3.05) is 0 Å². The molecule has 0 heterocycles. The number of aldehydes is 1. The first-order valence-corrected chi connectivity index (χ1v) is 7.02. The van der Waals surface area contributed by atoms with Crippen LogP contribution < -0.4 is 0 Å². The molecule has 1 nitrogen and oxygen atoms in total. The lowest BCUT2D eigenvalue weighted by atomic mass is 9.48. The highest BCUT2D eigenvalue weighted by molar-refractivity contribution is 5.51. The Balaban J connectivity index is 2.38. The van der Waals surface area contributed by atoms with Crippen molar-refractivity contribution in [2.24, 2.45) is 22.7 Å². The zero-order chi connectivity index (χ0) is 12.7. The van der Waals surface area contributed by atoms with Crippen LogP contribution in [-0.2, 0) is 4.79 Å². The van der Waals surface area contributed by atoms with Gasteiger partial charge in [-0.05, 0) is 48.9 Å². The van der Waals surface area contributed by atoms with Gasteiger partial charge in [0, 0.05) is 6.42 Å². The maximum Gasteiger partial charge on any atom is 0.120 e. The Hall–Kier alpha value is -0.590. The van der Waals surface area contributed by atoms with Crippen molar-refractivity contribution >= 4 is 6.29 Å². The maximum absolute atomic E-state index is 11.0. The van der Waals surface area contributed by atoms with Crippen molar-refractivity contribution < 1.29 is 4.79 Å². The van der Waals surface area contributed by atoms with Crippen LogP contribution in [0.4, 0.5) is 0 Å². The molecule has 0 spiro atoms. The van der Waals surface area contributed by atoms with Crippen LogP contribution >= 0.6 is 0 Å². The van der Waals surface area contributed by atoms with E-state index in [0.29, 0.717) is 23.2 Å². The Kier molecular flexibility index (Phi) is 3.22. The lowest BCUT2D eigenvalue weighted by Crippen LogP contribution is -2.48. The van der Waals surface area contributed by atoms with E-state index in [4.69, 9.17) is 0 Å². The average molecular weight is 234 g/mol. The maximum atomic E-state index is 11.0. The lowest BCUT2D eigenvalue weighted by molar-refractivity contribution is -0.111. The fraction of sp³-hybridized carbons (Fsp3) is 0.812. The summed E-state index contributed by atoms with van der Waals surface area (Å²) in [6, 6.07) is 0. The summed E-state index contributed by atoms with van der Waals surface area (Å²) in [6.07, 6.45) is 9.41. The quantitative estimate of drug-likeness (QED) is 0.512.